The smallest absolute Gasteiger partial charge is 0.0645 e. The molecular weight excluding hydrogens is 236 g/mol. The van der Waals surface area contributed by atoms with Gasteiger partial charge < -0.3 is 10.1 Å². The van der Waals surface area contributed by atoms with Gasteiger partial charge in [-0.15, -0.1) is 0 Å². The molecule has 2 aliphatic rings. The van der Waals surface area contributed by atoms with Crippen molar-refractivity contribution in [2.45, 2.75) is 38.9 Å². The molecule has 0 aliphatic carbocycles. The molecule has 19 heavy (non-hydrogen) atoms. The normalized spacial score (nSPS) is 23.1. The van der Waals surface area contributed by atoms with Gasteiger partial charge in [0, 0.05) is 25.2 Å². The van der Waals surface area contributed by atoms with Crippen LogP contribution in [0.25, 0.3) is 0 Å². The van der Waals surface area contributed by atoms with Gasteiger partial charge in [-0.1, -0.05) is 18.2 Å². The highest BCUT2D eigenvalue weighted by molar-refractivity contribution is 5.37. The van der Waals surface area contributed by atoms with E-state index in [2.05, 4.69) is 42.3 Å². The Kier molecular flexibility index (Phi) is 3.61. The van der Waals surface area contributed by atoms with E-state index in [1.165, 1.54) is 11.1 Å². The lowest BCUT2D eigenvalue weighted by molar-refractivity contribution is -0.0553. The largest absolute Gasteiger partial charge is 0.378 e. The van der Waals surface area contributed by atoms with Gasteiger partial charge in [0.2, 0.25) is 0 Å². The summed E-state index contributed by atoms with van der Waals surface area (Å²) in [7, 11) is 0. The molecule has 104 valence electrons. The molecule has 0 bridgehead atoms. The fourth-order valence-electron chi connectivity index (χ4n) is 3.15. The maximum atomic E-state index is 5.61. The van der Waals surface area contributed by atoms with Gasteiger partial charge in [-0.05, 0) is 43.5 Å². The van der Waals surface area contributed by atoms with Crippen molar-refractivity contribution in [3.63, 3.8) is 0 Å². The summed E-state index contributed by atoms with van der Waals surface area (Å²) in [5, 5.41) is 3.45. The fraction of sp³-hybridized carbons (Fsp3) is 0.625. The first kappa shape index (κ1) is 13.1. The summed E-state index contributed by atoms with van der Waals surface area (Å²) in [6.07, 6.45) is 1.16. The molecule has 2 heterocycles. The SMILES string of the molecule is CC1(C)COCCN1Cc1cccc2c1CCNC2. The van der Waals surface area contributed by atoms with Gasteiger partial charge in [0.15, 0.2) is 0 Å². The highest BCUT2D eigenvalue weighted by Crippen LogP contribution is 2.25. The molecule has 1 aromatic rings. The first-order valence-corrected chi connectivity index (χ1v) is 7.30. The monoisotopic (exact) mass is 260 g/mol. The van der Waals surface area contributed by atoms with Crippen LogP contribution in [-0.4, -0.2) is 36.7 Å². The van der Waals surface area contributed by atoms with Crippen LogP contribution in [0.5, 0.6) is 0 Å². The third kappa shape index (κ3) is 2.69. The third-order valence-electron chi connectivity index (χ3n) is 4.42. The second kappa shape index (κ2) is 5.23. The Morgan fingerprint density at radius 2 is 2.26 bits per heavy atom. The van der Waals surface area contributed by atoms with Crippen molar-refractivity contribution in [2.24, 2.45) is 0 Å². The molecule has 0 radical (unpaired) electrons. The molecule has 3 rings (SSSR count). The van der Waals surface area contributed by atoms with Crippen molar-refractivity contribution in [3.8, 4) is 0 Å². The van der Waals surface area contributed by atoms with Crippen molar-refractivity contribution in [3.05, 3.63) is 34.9 Å². The van der Waals surface area contributed by atoms with E-state index >= 15 is 0 Å². The van der Waals surface area contributed by atoms with Crippen LogP contribution in [0.1, 0.15) is 30.5 Å². The minimum Gasteiger partial charge on any atom is -0.378 e. The lowest BCUT2D eigenvalue weighted by Crippen LogP contribution is -2.52. The minimum atomic E-state index is 0.147. The molecule has 1 aromatic carbocycles. The first-order chi connectivity index (χ1) is 9.17. The van der Waals surface area contributed by atoms with E-state index in [1.807, 2.05) is 0 Å². The number of fused-ring (bicyclic) bond motifs is 1. The Bertz CT molecular complexity index is 456. The molecule has 0 unspecified atom stereocenters. The molecule has 0 spiro atoms. The third-order valence-corrected chi connectivity index (χ3v) is 4.42. The van der Waals surface area contributed by atoms with E-state index in [0.29, 0.717) is 0 Å². The molecule has 2 aliphatic heterocycles. The van der Waals surface area contributed by atoms with Crippen LogP contribution in [0.3, 0.4) is 0 Å². The van der Waals surface area contributed by atoms with Crippen LogP contribution in [0.2, 0.25) is 0 Å². The van der Waals surface area contributed by atoms with Crippen LogP contribution in [0.15, 0.2) is 18.2 Å². The van der Waals surface area contributed by atoms with E-state index in [1.54, 1.807) is 5.56 Å². The number of hydrogen-bond donors (Lipinski definition) is 1. The van der Waals surface area contributed by atoms with Crippen molar-refractivity contribution in [2.75, 3.05) is 26.3 Å². The maximum Gasteiger partial charge on any atom is 0.0645 e. The van der Waals surface area contributed by atoms with Crippen LogP contribution < -0.4 is 5.32 Å². The Morgan fingerprint density at radius 3 is 3.11 bits per heavy atom. The Morgan fingerprint density at radius 1 is 1.37 bits per heavy atom. The Balaban J connectivity index is 1.83. The summed E-state index contributed by atoms with van der Waals surface area (Å²) in [5.41, 5.74) is 4.71. The predicted molar refractivity (Wildman–Crippen MR) is 77.2 cm³/mol. The molecule has 0 amide bonds. The summed E-state index contributed by atoms with van der Waals surface area (Å²) in [6.45, 7) is 10.5. The Hall–Kier alpha value is -0.900. The zero-order chi connectivity index (χ0) is 13.3. The average molecular weight is 260 g/mol. The number of ether oxygens (including phenoxy) is 1. The van der Waals surface area contributed by atoms with Crippen LogP contribution >= 0.6 is 0 Å². The molecule has 1 saturated heterocycles. The van der Waals surface area contributed by atoms with Crippen molar-refractivity contribution in [1.29, 1.82) is 0 Å². The summed E-state index contributed by atoms with van der Waals surface area (Å²) in [5.74, 6) is 0. The molecular formula is C16H24N2O. The van der Waals surface area contributed by atoms with Gasteiger partial charge in [0.05, 0.1) is 13.2 Å². The van der Waals surface area contributed by atoms with Gasteiger partial charge in [0.1, 0.15) is 0 Å². The maximum absolute atomic E-state index is 5.61. The van der Waals surface area contributed by atoms with Gasteiger partial charge in [-0.2, -0.15) is 0 Å². The van der Waals surface area contributed by atoms with Crippen molar-refractivity contribution >= 4 is 0 Å². The zero-order valence-corrected chi connectivity index (χ0v) is 12.0. The Labute approximate surface area is 115 Å². The number of hydrogen-bond acceptors (Lipinski definition) is 3. The lowest BCUT2D eigenvalue weighted by Gasteiger charge is -2.42. The second-order valence-electron chi connectivity index (χ2n) is 6.27. The second-order valence-corrected chi connectivity index (χ2v) is 6.27. The first-order valence-electron chi connectivity index (χ1n) is 7.30. The fourth-order valence-corrected chi connectivity index (χ4v) is 3.15. The molecule has 0 aromatic heterocycles. The van der Waals surface area contributed by atoms with Gasteiger partial charge in [-0.25, -0.2) is 0 Å². The standard InChI is InChI=1S/C16H24N2O/c1-16(2)12-19-9-8-18(16)11-14-5-3-4-13-10-17-7-6-15(13)14/h3-5,17H,6-12H2,1-2H3. The summed E-state index contributed by atoms with van der Waals surface area (Å²) >= 11 is 0. The number of rotatable bonds is 2. The summed E-state index contributed by atoms with van der Waals surface area (Å²) in [6, 6.07) is 6.76. The predicted octanol–water partition coefficient (Wildman–Crippen LogP) is 1.94. The van der Waals surface area contributed by atoms with Crippen molar-refractivity contribution < 1.29 is 4.74 Å². The molecule has 3 nitrogen and oxygen atoms in total. The van der Waals surface area contributed by atoms with Crippen LogP contribution in [0.4, 0.5) is 0 Å². The zero-order valence-electron chi connectivity index (χ0n) is 12.0. The van der Waals surface area contributed by atoms with Gasteiger partial charge in [-0.3, -0.25) is 4.90 Å². The van der Waals surface area contributed by atoms with Crippen molar-refractivity contribution in [1.82, 2.24) is 10.2 Å². The number of nitrogens with one attached hydrogen (secondary N) is 1. The van der Waals surface area contributed by atoms with E-state index in [0.717, 1.165) is 45.8 Å². The average Bonchev–Trinajstić information content (AvgIpc) is 2.41. The highest BCUT2D eigenvalue weighted by Gasteiger charge is 2.30. The summed E-state index contributed by atoms with van der Waals surface area (Å²) < 4.78 is 5.61. The van der Waals surface area contributed by atoms with E-state index < -0.39 is 0 Å². The number of nitrogens with zero attached hydrogens (tertiary/aromatic N) is 1. The van der Waals surface area contributed by atoms with Crippen LogP contribution in [-0.2, 0) is 24.2 Å². The molecule has 1 N–H and O–H groups in total. The van der Waals surface area contributed by atoms with E-state index in [-0.39, 0.29) is 5.54 Å². The molecule has 0 saturated carbocycles. The molecule has 1 fully saturated rings. The quantitative estimate of drug-likeness (QED) is 0.879. The highest BCUT2D eigenvalue weighted by atomic mass is 16.5. The minimum absolute atomic E-state index is 0.147. The van der Waals surface area contributed by atoms with Gasteiger partial charge >= 0.3 is 0 Å². The molecule has 3 heteroatoms. The van der Waals surface area contributed by atoms with Crippen LogP contribution in [0, 0.1) is 0 Å². The topological polar surface area (TPSA) is 24.5 Å². The number of benzene rings is 1. The molecule has 0 atom stereocenters. The summed E-state index contributed by atoms with van der Waals surface area (Å²) in [4.78, 5) is 2.56. The van der Waals surface area contributed by atoms with Gasteiger partial charge in [0.25, 0.3) is 0 Å². The van der Waals surface area contributed by atoms with E-state index in [4.69, 9.17) is 4.74 Å². The number of morpholine rings is 1. The lowest BCUT2D eigenvalue weighted by atomic mass is 9.93. The van der Waals surface area contributed by atoms with E-state index in [9.17, 15) is 0 Å².